The molecular weight excluding hydrogens is 291 g/mol. The second-order valence-electron chi connectivity index (χ2n) is 4.77. The molecule has 1 atom stereocenters. The molecule has 0 radical (unpaired) electrons. The second-order valence-corrected chi connectivity index (χ2v) is 6.83. The molecule has 1 aromatic carbocycles. The Morgan fingerprint density at radius 1 is 1.19 bits per heavy atom. The molecule has 0 aliphatic carbocycles. The van der Waals surface area contributed by atoms with E-state index in [1.54, 1.807) is 26.0 Å². The van der Waals surface area contributed by atoms with Crippen LogP contribution in [-0.4, -0.2) is 30.3 Å². The van der Waals surface area contributed by atoms with Crippen LogP contribution in [0, 0.1) is 6.92 Å². The Kier molecular flexibility index (Phi) is 7.26. The van der Waals surface area contributed by atoms with Crippen molar-refractivity contribution in [3.05, 3.63) is 35.4 Å². The molecule has 21 heavy (non-hydrogen) atoms. The van der Waals surface area contributed by atoms with Crippen molar-refractivity contribution in [3.63, 3.8) is 0 Å². The lowest BCUT2D eigenvalue weighted by Crippen LogP contribution is -2.13. The van der Waals surface area contributed by atoms with Crippen LogP contribution in [0.2, 0.25) is 0 Å². The van der Waals surface area contributed by atoms with E-state index in [1.165, 1.54) is 0 Å². The van der Waals surface area contributed by atoms with Gasteiger partial charge in [-0.05, 0) is 26.3 Å². The molecule has 118 valence electrons. The van der Waals surface area contributed by atoms with E-state index < -0.39 is 13.7 Å². The summed E-state index contributed by atoms with van der Waals surface area (Å²) < 4.78 is 22.4. The van der Waals surface area contributed by atoms with Gasteiger partial charge in [-0.2, -0.15) is 0 Å². The number of ketones is 1. The molecule has 1 N–H and O–H groups in total. The molecule has 0 saturated carbocycles. The Bertz CT molecular complexity index is 487. The molecular formula is C15H23O5P. The first kappa shape index (κ1) is 18.1. The second kappa shape index (κ2) is 8.44. The Morgan fingerprint density at radius 2 is 1.71 bits per heavy atom. The van der Waals surface area contributed by atoms with E-state index in [2.05, 4.69) is 0 Å². The van der Waals surface area contributed by atoms with Gasteiger partial charge in [0.05, 0.1) is 19.3 Å². The molecule has 1 unspecified atom stereocenters. The third kappa shape index (κ3) is 6.10. The Morgan fingerprint density at radius 3 is 2.19 bits per heavy atom. The van der Waals surface area contributed by atoms with Gasteiger partial charge >= 0.3 is 7.60 Å². The molecule has 1 rings (SSSR count). The van der Waals surface area contributed by atoms with Crippen molar-refractivity contribution in [2.45, 2.75) is 33.3 Å². The highest BCUT2D eigenvalue weighted by molar-refractivity contribution is 7.54. The van der Waals surface area contributed by atoms with Gasteiger partial charge in [0, 0.05) is 6.42 Å². The van der Waals surface area contributed by atoms with Gasteiger partial charge in [-0.1, -0.05) is 29.8 Å². The quantitative estimate of drug-likeness (QED) is 0.708. The van der Waals surface area contributed by atoms with E-state index >= 15 is 0 Å². The molecule has 0 saturated heterocycles. The summed E-state index contributed by atoms with van der Waals surface area (Å²) >= 11 is 0. The zero-order chi connectivity index (χ0) is 15.9. The van der Waals surface area contributed by atoms with E-state index in [-0.39, 0.29) is 31.6 Å². The third-order valence-corrected chi connectivity index (χ3v) is 4.95. The summed E-state index contributed by atoms with van der Waals surface area (Å²) in [6.45, 7) is 5.76. The molecule has 0 heterocycles. The predicted molar refractivity (Wildman–Crippen MR) is 81.5 cm³/mol. The van der Waals surface area contributed by atoms with Gasteiger partial charge in [-0.15, -0.1) is 0 Å². The molecule has 1 aromatic rings. The van der Waals surface area contributed by atoms with Crippen LogP contribution in [-0.2, 0) is 18.4 Å². The molecule has 0 spiro atoms. The van der Waals surface area contributed by atoms with Gasteiger partial charge in [0.2, 0.25) is 0 Å². The molecule has 0 aliphatic heterocycles. The summed E-state index contributed by atoms with van der Waals surface area (Å²) in [5.74, 6) is -0.340. The van der Waals surface area contributed by atoms with E-state index in [0.29, 0.717) is 5.56 Å². The molecule has 0 bridgehead atoms. The topological polar surface area (TPSA) is 72.8 Å². The smallest absolute Gasteiger partial charge is 0.338 e. The normalized spacial score (nSPS) is 13.1. The summed E-state index contributed by atoms with van der Waals surface area (Å²) in [6, 6.07) is 7.29. The lowest BCUT2D eigenvalue weighted by Gasteiger charge is -2.17. The number of Topliss-reactive ketones (excluding diaryl/α,β-unsaturated/α-hetero) is 1. The van der Waals surface area contributed by atoms with Crippen molar-refractivity contribution in [1.29, 1.82) is 0 Å². The Labute approximate surface area is 125 Å². The van der Waals surface area contributed by atoms with Crippen LogP contribution < -0.4 is 0 Å². The van der Waals surface area contributed by atoms with Crippen molar-refractivity contribution >= 4 is 13.4 Å². The highest BCUT2D eigenvalue weighted by Crippen LogP contribution is 2.48. The van der Waals surface area contributed by atoms with E-state index in [1.807, 2.05) is 19.1 Å². The standard InChI is InChI=1S/C15H23O5P/c1-4-19-21(18,20-5-2)11-14(16)10-15(17)13-8-6-12(3)7-9-13/h6-9,15,17H,4-5,10-11H2,1-3H3. The number of rotatable bonds is 9. The number of aryl methyl sites for hydroxylation is 1. The van der Waals surface area contributed by atoms with Gasteiger partial charge in [-0.3, -0.25) is 9.36 Å². The number of hydrogen-bond donors (Lipinski definition) is 1. The Balaban J connectivity index is 2.63. The fraction of sp³-hybridized carbons (Fsp3) is 0.533. The number of aliphatic hydroxyl groups is 1. The monoisotopic (exact) mass is 314 g/mol. The fourth-order valence-corrected chi connectivity index (χ4v) is 3.53. The van der Waals surface area contributed by atoms with Crippen LogP contribution in [0.25, 0.3) is 0 Å². The average molecular weight is 314 g/mol. The van der Waals surface area contributed by atoms with Crippen LogP contribution in [0.4, 0.5) is 0 Å². The van der Waals surface area contributed by atoms with E-state index in [4.69, 9.17) is 9.05 Å². The summed E-state index contributed by atoms with van der Waals surface area (Å²) in [5.41, 5.74) is 1.74. The van der Waals surface area contributed by atoms with Crippen LogP contribution in [0.5, 0.6) is 0 Å². The summed E-state index contributed by atoms with van der Waals surface area (Å²) in [5, 5.41) is 10.0. The average Bonchev–Trinajstić information content (AvgIpc) is 2.39. The van der Waals surface area contributed by atoms with Crippen LogP contribution in [0.3, 0.4) is 0 Å². The highest BCUT2D eigenvalue weighted by atomic mass is 31.2. The minimum absolute atomic E-state index is 0.104. The summed E-state index contributed by atoms with van der Waals surface area (Å²) in [6.07, 6.45) is -1.32. The zero-order valence-electron chi connectivity index (χ0n) is 12.7. The number of hydrogen-bond acceptors (Lipinski definition) is 5. The number of benzene rings is 1. The number of carbonyl (C=O) groups is 1. The largest absolute Gasteiger partial charge is 0.388 e. The highest BCUT2D eigenvalue weighted by Gasteiger charge is 2.28. The first-order chi connectivity index (χ1) is 9.90. The number of aliphatic hydroxyl groups excluding tert-OH is 1. The van der Waals surface area contributed by atoms with Gasteiger partial charge in [0.25, 0.3) is 0 Å². The van der Waals surface area contributed by atoms with Crippen molar-refractivity contribution in [1.82, 2.24) is 0 Å². The maximum atomic E-state index is 12.2. The van der Waals surface area contributed by atoms with Gasteiger partial charge < -0.3 is 14.2 Å². The number of carbonyl (C=O) groups excluding carboxylic acids is 1. The van der Waals surface area contributed by atoms with Crippen molar-refractivity contribution in [3.8, 4) is 0 Å². The predicted octanol–water partition coefficient (Wildman–Crippen LogP) is 3.25. The zero-order valence-corrected chi connectivity index (χ0v) is 13.6. The lowest BCUT2D eigenvalue weighted by molar-refractivity contribution is -0.118. The van der Waals surface area contributed by atoms with Crippen molar-refractivity contribution in [2.24, 2.45) is 0 Å². The molecule has 0 aliphatic rings. The lowest BCUT2D eigenvalue weighted by atomic mass is 10.0. The van der Waals surface area contributed by atoms with Gasteiger partial charge in [0.1, 0.15) is 11.9 Å². The first-order valence-electron chi connectivity index (χ1n) is 7.04. The van der Waals surface area contributed by atoms with E-state index in [0.717, 1.165) is 5.56 Å². The fourth-order valence-electron chi connectivity index (χ4n) is 1.92. The molecule has 0 aromatic heterocycles. The molecule has 0 fully saturated rings. The maximum Gasteiger partial charge on any atom is 0.338 e. The Hall–Kier alpha value is -1.00. The summed E-state index contributed by atoms with van der Waals surface area (Å²) in [7, 11) is -3.39. The summed E-state index contributed by atoms with van der Waals surface area (Å²) in [4.78, 5) is 12.0. The van der Waals surface area contributed by atoms with Gasteiger partial charge in [0.15, 0.2) is 0 Å². The minimum Gasteiger partial charge on any atom is -0.388 e. The van der Waals surface area contributed by atoms with Crippen molar-refractivity contribution < 1.29 is 23.5 Å². The minimum atomic E-state index is -3.39. The van der Waals surface area contributed by atoms with Crippen LogP contribution >= 0.6 is 7.60 Å². The third-order valence-electron chi connectivity index (χ3n) is 2.90. The van der Waals surface area contributed by atoms with Crippen LogP contribution in [0.1, 0.15) is 37.5 Å². The van der Waals surface area contributed by atoms with Crippen LogP contribution in [0.15, 0.2) is 24.3 Å². The maximum absolute atomic E-state index is 12.2. The molecule has 0 amide bonds. The first-order valence-corrected chi connectivity index (χ1v) is 8.77. The molecule has 5 nitrogen and oxygen atoms in total. The SMILES string of the molecule is CCOP(=O)(CC(=O)CC(O)c1ccc(C)cc1)OCC. The van der Waals surface area contributed by atoms with Crippen molar-refractivity contribution in [2.75, 3.05) is 19.4 Å². The van der Waals surface area contributed by atoms with Gasteiger partial charge in [-0.25, -0.2) is 0 Å². The molecule has 6 heteroatoms. The van der Waals surface area contributed by atoms with E-state index in [9.17, 15) is 14.5 Å².